The van der Waals surface area contributed by atoms with Gasteiger partial charge in [-0.2, -0.15) is 0 Å². The molecular formula is C12H18N4O2. The minimum atomic E-state index is -0.412. The van der Waals surface area contributed by atoms with E-state index in [1.165, 1.54) is 6.92 Å². The number of carbonyl (C=O) groups excluding carboxylic acids is 1. The van der Waals surface area contributed by atoms with Gasteiger partial charge in [-0.05, 0) is 13.0 Å². The van der Waals surface area contributed by atoms with Gasteiger partial charge in [0, 0.05) is 39.3 Å². The molecule has 2 rings (SSSR count). The molecule has 6 heteroatoms. The van der Waals surface area contributed by atoms with Crippen LogP contribution in [0.25, 0.3) is 0 Å². The first-order valence-corrected chi connectivity index (χ1v) is 6.12. The summed E-state index contributed by atoms with van der Waals surface area (Å²) in [6.07, 6.45) is 1.30. The summed E-state index contributed by atoms with van der Waals surface area (Å²) >= 11 is 0. The second-order valence-corrected chi connectivity index (χ2v) is 4.26. The number of nitrogens with zero attached hydrogens (tertiary/aromatic N) is 3. The van der Waals surface area contributed by atoms with Gasteiger partial charge in [-0.25, -0.2) is 9.97 Å². The highest BCUT2D eigenvalue weighted by atomic mass is 16.5. The van der Waals surface area contributed by atoms with Gasteiger partial charge in [0.2, 0.25) is 0 Å². The summed E-state index contributed by atoms with van der Waals surface area (Å²) in [6, 6.07) is 1.88. The number of ether oxygens (including phenoxy) is 1. The number of aromatic nitrogens is 2. The Bertz CT molecular complexity index is 418. The fourth-order valence-electron chi connectivity index (χ4n) is 1.93. The third-order valence-electron chi connectivity index (χ3n) is 2.81. The molecule has 1 fully saturated rings. The highest BCUT2D eigenvalue weighted by Gasteiger charge is 2.16. The van der Waals surface area contributed by atoms with Gasteiger partial charge < -0.3 is 15.0 Å². The Labute approximate surface area is 106 Å². The molecule has 0 aliphatic carbocycles. The standard InChI is InChI=1S/C12H18N4O2/c1-9(18-10(2)17)12-14-4-3-11(15-12)16-7-5-13-6-8-16/h3-4,9,13H,5-8H2,1-2H3/t9-/m1/s1. The van der Waals surface area contributed by atoms with E-state index in [0.29, 0.717) is 5.82 Å². The molecule has 0 radical (unpaired) electrons. The number of hydrogen-bond donors (Lipinski definition) is 1. The van der Waals surface area contributed by atoms with E-state index in [-0.39, 0.29) is 5.97 Å². The van der Waals surface area contributed by atoms with Crippen LogP contribution in [0.5, 0.6) is 0 Å². The maximum Gasteiger partial charge on any atom is 0.303 e. The van der Waals surface area contributed by atoms with E-state index in [0.717, 1.165) is 32.0 Å². The first-order chi connectivity index (χ1) is 8.66. The van der Waals surface area contributed by atoms with Crippen molar-refractivity contribution in [1.29, 1.82) is 0 Å². The lowest BCUT2D eigenvalue weighted by molar-refractivity contribution is -0.146. The van der Waals surface area contributed by atoms with Crippen LogP contribution in [0.1, 0.15) is 25.8 Å². The molecule has 2 heterocycles. The van der Waals surface area contributed by atoms with Crippen molar-refractivity contribution in [2.24, 2.45) is 0 Å². The average Bonchev–Trinajstić information content (AvgIpc) is 2.39. The number of esters is 1. The minimum Gasteiger partial charge on any atom is -0.455 e. The Hall–Kier alpha value is -1.69. The van der Waals surface area contributed by atoms with Crippen molar-refractivity contribution < 1.29 is 9.53 Å². The Morgan fingerprint density at radius 1 is 1.50 bits per heavy atom. The number of rotatable bonds is 3. The molecule has 1 atom stereocenters. The maximum atomic E-state index is 10.9. The van der Waals surface area contributed by atoms with Crippen LogP contribution in [0.4, 0.5) is 5.82 Å². The molecule has 1 aliphatic rings. The van der Waals surface area contributed by atoms with E-state index in [9.17, 15) is 4.79 Å². The molecule has 98 valence electrons. The fraction of sp³-hybridized carbons (Fsp3) is 0.583. The Balaban J connectivity index is 2.11. The van der Waals surface area contributed by atoms with Gasteiger partial charge in [0.05, 0.1) is 0 Å². The summed E-state index contributed by atoms with van der Waals surface area (Å²) in [6.45, 7) is 6.93. The molecule has 1 aromatic heterocycles. The predicted molar refractivity (Wildman–Crippen MR) is 67.3 cm³/mol. The molecule has 18 heavy (non-hydrogen) atoms. The summed E-state index contributed by atoms with van der Waals surface area (Å²) in [7, 11) is 0. The first kappa shape index (κ1) is 12.8. The monoisotopic (exact) mass is 250 g/mol. The van der Waals surface area contributed by atoms with Gasteiger partial charge in [0.25, 0.3) is 0 Å². The molecule has 0 saturated carbocycles. The van der Waals surface area contributed by atoms with Gasteiger partial charge >= 0.3 is 5.97 Å². The van der Waals surface area contributed by atoms with Gasteiger partial charge in [0.1, 0.15) is 5.82 Å². The lowest BCUT2D eigenvalue weighted by atomic mass is 10.3. The third kappa shape index (κ3) is 3.16. The Morgan fingerprint density at radius 2 is 2.22 bits per heavy atom. The van der Waals surface area contributed by atoms with Gasteiger partial charge in [-0.1, -0.05) is 0 Å². The Kier molecular flexibility index (Phi) is 4.09. The molecule has 0 aromatic carbocycles. The van der Waals surface area contributed by atoms with Crippen molar-refractivity contribution >= 4 is 11.8 Å². The number of hydrogen-bond acceptors (Lipinski definition) is 6. The lowest BCUT2D eigenvalue weighted by Crippen LogP contribution is -2.44. The van der Waals surface area contributed by atoms with Crippen molar-refractivity contribution in [3.05, 3.63) is 18.1 Å². The van der Waals surface area contributed by atoms with Crippen molar-refractivity contribution in [2.45, 2.75) is 20.0 Å². The first-order valence-electron chi connectivity index (χ1n) is 6.12. The van der Waals surface area contributed by atoms with E-state index in [4.69, 9.17) is 4.74 Å². The van der Waals surface area contributed by atoms with Crippen LogP contribution in [0.3, 0.4) is 0 Å². The molecule has 0 unspecified atom stereocenters. The highest BCUT2D eigenvalue weighted by Crippen LogP contribution is 2.16. The zero-order valence-corrected chi connectivity index (χ0v) is 10.7. The second-order valence-electron chi connectivity index (χ2n) is 4.26. The van der Waals surface area contributed by atoms with Crippen LogP contribution in [0, 0.1) is 0 Å². The molecule has 1 aromatic rings. The summed E-state index contributed by atoms with van der Waals surface area (Å²) in [5, 5.41) is 3.29. The fourth-order valence-corrected chi connectivity index (χ4v) is 1.93. The van der Waals surface area contributed by atoms with Crippen LogP contribution >= 0.6 is 0 Å². The van der Waals surface area contributed by atoms with Crippen LogP contribution in [0.15, 0.2) is 12.3 Å². The molecule has 1 saturated heterocycles. The molecule has 1 aliphatic heterocycles. The molecule has 1 N–H and O–H groups in total. The summed E-state index contributed by atoms with van der Waals surface area (Å²) in [5.74, 6) is 1.11. The van der Waals surface area contributed by atoms with E-state index in [2.05, 4.69) is 20.2 Å². The second kappa shape index (κ2) is 5.77. The van der Waals surface area contributed by atoms with Crippen LogP contribution in [0.2, 0.25) is 0 Å². The zero-order chi connectivity index (χ0) is 13.0. The van der Waals surface area contributed by atoms with E-state index in [1.807, 2.05) is 6.07 Å². The summed E-state index contributed by atoms with van der Waals surface area (Å²) < 4.78 is 5.08. The van der Waals surface area contributed by atoms with Crippen molar-refractivity contribution in [2.75, 3.05) is 31.1 Å². The van der Waals surface area contributed by atoms with Crippen LogP contribution in [-0.2, 0) is 9.53 Å². The summed E-state index contributed by atoms with van der Waals surface area (Å²) in [4.78, 5) is 21.7. The highest BCUT2D eigenvalue weighted by molar-refractivity contribution is 5.66. The maximum absolute atomic E-state index is 10.9. The predicted octanol–water partition coefficient (Wildman–Crippen LogP) is 0.510. The third-order valence-corrected chi connectivity index (χ3v) is 2.81. The number of nitrogens with one attached hydrogen (secondary N) is 1. The smallest absolute Gasteiger partial charge is 0.303 e. The van der Waals surface area contributed by atoms with E-state index >= 15 is 0 Å². The van der Waals surface area contributed by atoms with Crippen molar-refractivity contribution in [1.82, 2.24) is 15.3 Å². The average molecular weight is 250 g/mol. The molecule has 0 spiro atoms. The molecule has 0 amide bonds. The molecular weight excluding hydrogens is 232 g/mol. The van der Waals surface area contributed by atoms with Gasteiger partial charge in [0.15, 0.2) is 11.9 Å². The minimum absolute atomic E-state index is 0.321. The van der Waals surface area contributed by atoms with Crippen molar-refractivity contribution in [3.63, 3.8) is 0 Å². The number of anilines is 1. The van der Waals surface area contributed by atoms with Gasteiger partial charge in [-0.3, -0.25) is 4.79 Å². The zero-order valence-electron chi connectivity index (χ0n) is 10.7. The van der Waals surface area contributed by atoms with Crippen LogP contribution in [-0.4, -0.2) is 42.1 Å². The normalized spacial score (nSPS) is 17.3. The lowest BCUT2D eigenvalue weighted by Gasteiger charge is -2.28. The quantitative estimate of drug-likeness (QED) is 0.788. The summed E-state index contributed by atoms with van der Waals surface area (Å²) in [5.41, 5.74) is 0. The number of piperazine rings is 1. The molecule has 6 nitrogen and oxygen atoms in total. The van der Waals surface area contributed by atoms with Crippen LogP contribution < -0.4 is 10.2 Å². The van der Waals surface area contributed by atoms with Crippen molar-refractivity contribution in [3.8, 4) is 0 Å². The topological polar surface area (TPSA) is 67.3 Å². The Morgan fingerprint density at radius 3 is 2.89 bits per heavy atom. The SMILES string of the molecule is CC(=O)O[C@H](C)c1nccc(N2CCNCC2)n1. The van der Waals surface area contributed by atoms with E-state index in [1.54, 1.807) is 13.1 Å². The number of carbonyl (C=O) groups is 1. The van der Waals surface area contributed by atoms with E-state index < -0.39 is 6.10 Å². The van der Waals surface area contributed by atoms with Gasteiger partial charge in [-0.15, -0.1) is 0 Å². The molecule has 0 bridgehead atoms. The largest absolute Gasteiger partial charge is 0.455 e.